The molecule has 3 aromatic rings. The van der Waals surface area contributed by atoms with Gasteiger partial charge in [-0.1, -0.05) is 23.7 Å². The summed E-state index contributed by atoms with van der Waals surface area (Å²) in [5.74, 6) is -0.618. The van der Waals surface area contributed by atoms with Crippen LogP contribution < -0.4 is 15.9 Å². The lowest BCUT2D eigenvalue weighted by atomic mass is 10.1. The molecular formula is C22H22ClFN4O2. The minimum absolute atomic E-state index is 0.00815. The number of carbonyl (C=O) groups excluding carboxylic acids is 1. The molecule has 0 aliphatic heterocycles. The number of hydrogen-bond donors (Lipinski definition) is 1. The minimum Gasteiger partial charge on any atom is -0.341 e. The number of halogens is 2. The van der Waals surface area contributed by atoms with Crippen molar-refractivity contribution in [2.24, 2.45) is 5.92 Å². The predicted molar refractivity (Wildman–Crippen MR) is 116 cm³/mol. The van der Waals surface area contributed by atoms with Gasteiger partial charge in [0, 0.05) is 30.1 Å². The second-order valence-electron chi connectivity index (χ2n) is 7.89. The summed E-state index contributed by atoms with van der Waals surface area (Å²) in [6.07, 6.45) is 0.698. The molecule has 2 atom stereocenters. The average Bonchev–Trinajstić information content (AvgIpc) is 3.50. The first-order chi connectivity index (χ1) is 14.3. The topological polar surface area (TPSA) is 67.2 Å². The zero-order chi connectivity index (χ0) is 21.6. The number of hydrogen-bond acceptors (Lipinski definition) is 4. The summed E-state index contributed by atoms with van der Waals surface area (Å²) in [4.78, 5) is 32.2. The highest BCUT2D eigenvalue weighted by molar-refractivity contribution is 6.30. The molecule has 1 aliphatic rings. The normalized spacial score (nSPS) is 17.9. The van der Waals surface area contributed by atoms with Crippen molar-refractivity contribution in [3.05, 3.63) is 69.2 Å². The standard InChI is InChI=1S/C22H22ClFN4O2/c1-12(2)27(3)22-25-19-10-15(24)8-9-16(19)21(30)28(22)26-20(29)18-11-17(18)13-4-6-14(23)7-5-13/h4-10,12,17-18H,11H2,1-3H3,(H,26,29)/t17-,18-/m1/s1. The Hall–Kier alpha value is -2.93. The van der Waals surface area contributed by atoms with Crippen LogP contribution in [0, 0.1) is 11.7 Å². The van der Waals surface area contributed by atoms with Gasteiger partial charge in [-0.3, -0.25) is 15.0 Å². The first-order valence-corrected chi connectivity index (χ1v) is 10.2. The maximum absolute atomic E-state index is 13.7. The Balaban J connectivity index is 1.67. The number of nitrogens with zero attached hydrogens (tertiary/aromatic N) is 3. The molecule has 2 aromatic carbocycles. The van der Waals surface area contributed by atoms with Crippen LogP contribution in [0.2, 0.25) is 5.02 Å². The van der Waals surface area contributed by atoms with E-state index in [2.05, 4.69) is 10.4 Å². The molecule has 1 amide bonds. The fourth-order valence-electron chi connectivity index (χ4n) is 3.47. The third kappa shape index (κ3) is 3.77. The van der Waals surface area contributed by atoms with E-state index in [0.717, 1.165) is 5.56 Å². The van der Waals surface area contributed by atoms with Gasteiger partial charge in [0.2, 0.25) is 11.9 Å². The molecule has 0 unspecified atom stereocenters. The molecule has 0 radical (unpaired) electrons. The van der Waals surface area contributed by atoms with E-state index in [1.807, 2.05) is 26.0 Å². The van der Waals surface area contributed by atoms with Crippen LogP contribution in [0.4, 0.5) is 10.3 Å². The van der Waals surface area contributed by atoms with Gasteiger partial charge in [0.05, 0.1) is 10.9 Å². The van der Waals surface area contributed by atoms with E-state index in [1.165, 1.54) is 22.9 Å². The second kappa shape index (κ2) is 7.72. The van der Waals surface area contributed by atoms with Crippen molar-refractivity contribution < 1.29 is 9.18 Å². The third-order valence-corrected chi connectivity index (χ3v) is 5.80. The summed E-state index contributed by atoms with van der Waals surface area (Å²) in [6, 6.07) is 11.3. The predicted octanol–water partition coefficient (Wildman–Crippen LogP) is 3.91. The molecule has 8 heteroatoms. The largest absolute Gasteiger partial charge is 0.341 e. The quantitative estimate of drug-likeness (QED) is 0.669. The number of aromatic nitrogens is 2. The Morgan fingerprint density at radius 2 is 1.97 bits per heavy atom. The first-order valence-electron chi connectivity index (χ1n) is 9.77. The summed E-state index contributed by atoms with van der Waals surface area (Å²) in [6.45, 7) is 3.87. The molecule has 0 spiro atoms. The Bertz CT molecular complexity index is 1180. The average molecular weight is 429 g/mol. The summed E-state index contributed by atoms with van der Waals surface area (Å²) in [7, 11) is 1.77. The highest BCUT2D eigenvalue weighted by Gasteiger charge is 2.44. The summed E-state index contributed by atoms with van der Waals surface area (Å²) in [5.41, 5.74) is 3.58. The van der Waals surface area contributed by atoms with Crippen molar-refractivity contribution in [2.45, 2.75) is 32.2 Å². The first kappa shape index (κ1) is 20.3. The van der Waals surface area contributed by atoms with Gasteiger partial charge in [-0.2, -0.15) is 4.68 Å². The van der Waals surface area contributed by atoms with Gasteiger partial charge in [0.15, 0.2) is 0 Å². The molecule has 1 aromatic heterocycles. The SMILES string of the molecule is CC(C)N(C)c1nc2cc(F)ccc2c(=O)n1NC(=O)[C@@H]1C[C@@H]1c1ccc(Cl)cc1. The van der Waals surface area contributed by atoms with Crippen LogP contribution in [0.15, 0.2) is 47.3 Å². The van der Waals surface area contributed by atoms with E-state index in [0.29, 0.717) is 11.4 Å². The number of carbonyl (C=O) groups is 1. The molecule has 1 N–H and O–H groups in total. The highest BCUT2D eigenvalue weighted by atomic mass is 35.5. The van der Waals surface area contributed by atoms with Crippen LogP contribution in [0.1, 0.15) is 31.7 Å². The van der Waals surface area contributed by atoms with Gasteiger partial charge in [-0.25, -0.2) is 9.37 Å². The van der Waals surface area contributed by atoms with Gasteiger partial charge < -0.3 is 4.90 Å². The molecule has 0 bridgehead atoms. The maximum Gasteiger partial charge on any atom is 0.281 e. The van der Waals surface area contributed by atoms with Crippen LogP contribution in [-0.4, -0.2) is 28.7 Å². The maximum atomic E-state index is 13.7. The van der Waals surface area contributed by atoms with Crippen molar-refractivity contribution in [3.8, 4) is 0 Å². The van der Waals surface area contributed by atoms with E-state index in [4.69, 9.17) is 11.6 Å². The van der Waals surface area contributed by atoms with E-state index in [1.54, 1.807) is 24.1 Å². The fraction of sp³-hybridized carbons (Fsp3) is 0.318. The molecule has 156 valence electrons. The van der Waals surface area contributed by atoms with Crippen molar-refractivity contribution >= 4 is 34.4 Å². The molecule has 1 heterocycles. The number of nitrogens with one attached hydrogen (secondary N) is 1. The smallest absolute Gasteiger partial charge is 0.281 e. The summed E-state index contributed by atoms with van der Waals surface area (Å²) < 4.78 is 14.8. The van der Waals surface area contributed by atoms with E-state index in [-0.39, 0.29) is 40.6 Å². The number of rotatable bonds is 5. The van der Waals surface area contributed by atoms with Gasteiger partial charge in [0.1, 0.15) is 5.82 Å². The molecule has 4 rings (SSSR count). The van der Waals surface area contributed by atoms with E-state index < -0.39 is 11.4 Å². The minimum atomic E-state index is -0.474. The Morgan fingerprint density at radius 1 is 1.27 bits per heavy atom. The van der Waals surface area contributed by atoms with Crippen LogP contribution in [0.5, 0.6) is 0 Å². The van der Waals surface area contributed by atoms with Crippen LogP contribution >= 0.6 is 11.6 Å². The fourth-order valence-corrected chi connectivity index (χ4v) is 3.60. The Kier molecular flexibility index (Phi) is 5.24. The van der Waals surface area contributed by atoms with Crippen molar-refractivity contribution in [1.29, 1.82) is 0 Å². The van der Waals surface area contributed by atoms with E-state index in [9.17, 15) is 14.0 Å². The number of benzene rings is 2. The summed E-state index contributed by atoms with van der Waals surface area (Å²) in [5, 5.41) is 0.884. The Labute approximate surface area is 178 Å². The van der Waals surface area contributed by atoms with Crippen molar-refractivity contribution in [2.75, 3.05) is 17.4 Å². The van der Waals surface area contributed by atoms with Gasteiger partial charge >= 0.3 is 0 Å². The molecule has 1 aliphatic carbocycles. The van der Waals surface area contributed by atoms with Crippen LogP contribution in [-0.2, 0) is 4.79 Å². The van der Waals surface area contributed by atoms with Crippen molar-refractivity contribution in [1.82, 2.24) is 9.66 Å². The lowest BCUT2D eigenvalue weighted by molar-refractivity contribution is -0.118. The molecule has 1 saturated carbocycles. The molecule has 0 saturated heterocycles. The zero-order valence-corrected chi connectivity index (χ0v) is 17.7. The second-order valence-corrected chi connectivity index (χ2v) is 8.33. The number of anilines is 1. The number of fused-ring (bicyclic) bond motifs is 1. The molecule has 1 fully saturated rings. The molecule has 6 nitrogen and oxygen atoms in total. The third-order valence-electron chi connectivity index (χ3n) is 5.55. The van der Waals surface area contributed by atoms with E-state index >= 15 is 0 Å². The highest BCUT2D eigenvalue weighted by Crippen LogP contribution is 2.47. The summed E-state index contributed by atoms with van der Waals surface area (Å²) >= 11 is 5.94. The lowest BCUT2D eigenvalue weighted by Crippen LogP contribution is -2.41. The zero-order valence-electron chi connectivity index (χ0n) is 16.9. The Morgan fingerprint density at radius 3 is 2.63 bits per heavy atom. The van der Waals surface area contributed by atoms with Gasteiger partial charge in [0.25, 0.3) is 5.56 Å². The van der Waals surface area contributed by atoms with Crippen LogP contribution in [0.25, 0.3) is 10.9 Å². The lowest BCUT2D eigenvalue weighted by Gasteiger charge is -2.26. The van der Waals surface area contributed by atoms with Gasteiger partial charge in [-0.15, -0.1) is 0 Å². The number of amides is 1. The van der Waals surface area contributed by atoms with Crippen LogP contribution in [0.3, 0.4) is 0 Å². The van der Waals surface area contributed by atoms with Gasteiger partial charge in [-0.05, 0) is 56.0 Å². The monoisotopic (exact) mass is 428 g/mol. The van der Waals surface area contributed by atoms with Crippen molar-refractivity contribution in [3.63, 3.8) is 0 Å². The molecular weight excluding hydrogens is 407 g/mol. The molecule has 30 heavy (non-hydrogen) atoms.